The van der Waals surface area contributed by atoms with E-state index in [1.807, 2.05) is 0 Å². The number of nitrogens with one attached hydrogen (secondary N) is 1. The fraction of sp³-hybridized carbons (Fsp3) is 0.833. The monoisotopic (exact) mass is 449 g/mol. The van der Waals surface area contributed by atoms with Crippen molar-refractivity contribution in [1.29, 1.82) is 0 Å². The van der Waals surface area contributed by atoms with Crippen LogP contribution in [0.25, 0.3) is 0 Å². The smallest absolute Gasteiger partial charge is 0.329 e. The second kappa shape index (κ2) is 11.2. The van der Waals surface area contributed by atoms with Gasteiger partial charge in [-0.2, -0.15) is 0 Å². The van der Waals surface area contributed by atoms with E-state index in [4.69, 9.17) is 12.7 Å². The van der Waals surface area contributed by atoms with Crippen molar-refractivity contribution in [2.45, 2.75) is 90.8 Å². The van der Waals surface area contributed by atoms with Gasteiger partial charge in [0, 0.05) is 12.1 Å². The lowest BCUT2D eigenvalue weighted by molar-refractivity contribution is -0.117. The van der Waals surface area contributed by atoms with Crippen LogP contribution in [0.3, 0.4) is 0 Å². The topological polar surface area (TPSA) is 56.8 Å². The van der Waals surface area contributed by atoms with Crippen molar-refractivity contribution in [2.24, 2.45) is 0 Å². The van der Waals surface area contributed by atoms with Gasteiger partial charge in [0.1, 0.15) is 0 Å². The molecule has 0 fully saturated rings. The van der Waals surface area contributed by atoms with Crippen LogP contribution in [0.5, 0.6) is 0 Å². The third-order valence-corrected chi connectivity index (χ3v) is 15.2. The van der Waals surface area contributed by atoms with E-state index < -0.39 is 34.2 Å². The highest BCUT2D eigenvalue weighted by molar-refractivity contribution is 6.81. The summed E-state index contributed by atoms with van der Waals surface area (Å²) in [6.45, 7) is 25.9. The molecule has 0 rings (SSSR count). The second-order valence-electron chi connectivity index (χ2n) is 9.82. The van der Waals surface area contributed by atoms with Gasteiger partial charge >= 0.3 is 9.28 Å². The molecule has 0 aromatic rings. The molecular weight excluding hydrogens is 407 g/mol. The highest BCUT2D eigenvalue weighted by atomic mass is 28.4. The molecule has 0 bridgehead atoms. The second-order valence-corrected chi connectivity index (χ2v) is 25.9. The zero-order chi connectivity index (χ0) is 21.5. The first-order chi connectivity index (χ1) is 12.1. The number of hydrogen-bond acceptors (Lipinski definition) is 4. The van der Waals surface area contributed by atoms with Gasteiger partial charge in [-0.25, -0.2) is 0 Å². The van der Waals surface area contributed by atoms with Crippen molar-refractivity contribution in [3.8, 4) is 0 Å². The Kier molecular flexibility index (Phi) is 11.2. The van der Waals surface area contributed by atoms with Gasteiger partial charge in [-0.15, -0.1) is 0 Å². The average molecular weight is 450 g/mol. The highest BCUT2D eigenvalue weighted by Crippen LogP contribution is 2.23. The number of hydrogen-bond donors (Lipinski definition) is 1. The van der Waals surface area contributed by atoms with Crippen LogP contribution in [-0.2, 0) is 17.5 Å². The zero-order valence-electron chi connectivity index (χ0n) is 19.3. The van der Waals surface area contributed by atoms with E-state index in [1.165, 1.54) is 0 Å². The van der Waals surface area contributed by atoms with E-state index in [0.717, 1.165) is 18.9 Å². The van der Waals surface area contributed by atoms with Gasteiger partial charge in [0.05, 0.1) is 5.73 Å². The minimum Gasteiger partial charge on any atom is -0.437 e. The standard InChI is InChI=1S/C18H43NO4Si4/c1-12-15-27(10,11)21-17(13-14-19-18(20)16(2)3)24(22-25(4,5)6)23-26(7,8)9/h17,24H,2,12-15H2,1,3-11H3,(H,19,20). The highest BCUT2D eigenvalue weighted by Gasteiger charge is 2.38. The van der Waals surface area contributed by atoms with E-state index in [9.17, 15) is 4.79 Å². The summed E-state index contributed by atoms with van der Waals surface area (Å²) in [5.41, 5.74) is 0.487. The quantitative estimate of drug-likeness (QED) is 0.331. The lowest BCUT2D eigenvalue weighted by Crippen LogP contribution is -2.54. The summed E-state index contributed by atoms with van der Waals surface area (Å²) >= 11 is 0. The Morgan fingerprint density at radius 2 is 1.52 bits per heavy atom. The summed E-state index contributed by atoms with van der Waals surface area (Å²) in [7, 11) is -7.38. The molecule has 160 valence electrons. The van der Waals surface area contributed by atoms with Crippen LogP contribution in [0.15, 0.2) is 12.2 Å². The molecule has 5 nitrogen and oxygen atoms in total. The third-order valence-electron chi connectivity index (χ3n) is 3.67. The van der Waals surface area contributed by atoms with Gasteiger partial charge in [-0.05, 0) is 71.8 Å². The molecule has 0 aliphatic rings. The average Bonchev–Trinajstić information content (AvgIpc) is 2.41. The molecule has 1 atom stereocenters. The van der Waals surface area contributed by atoms with Gasteiger partial charge in [-0.3, -0.25) is 4.79 Å². The Labute approximate surface area is 172 Å². The molecule has 0 saturated heterocycles. The van der Waals surface area contributed by atoms with Crippen LogP contribution in [0.4, 0.5) is 0 Å². The van der Waals surface area contributed by atoms with Crippen molar-refractivity contribution in [1.82, 2.24) is 5.32 Å². The lowest BCUT2D eigenvalue weighted by atomic mass is 10.3. The van der Waals surface area contributed by atoms with E-state index in [-0.39, 0.29) is 11.6 Å². The first-order valence-corrected chi connectivity index (χ1v) is 21.6. The van der Waals surface area contributed by atoms with Crippen LogP contribution in [0.2, 0.25) is 58.4 Å². The maximum absolute atomic E-state index is 11.9. The summed E-state index contributed by atoms with van der Waals surface area (Å²) in [6.07, 6.45) is 1.85. The van der Waals surface area contributed by atoms with Crippen LogP contribution in [-0.4, -0.2) is 52.4 Å². The maximum atomic E-state index is 11.9. The molecule has 9 heteroatoms. The molecule has 1 unspecified atom stereocenters. The third kappa shape index (κ3) is 13.7. The van der Waals surface area contributed by atoms with Crippen molar-refractivity contribution in [3.63, 3.8) is 0 Å². The fourth-order valence-electron chi connectivity index (χ4n) is 2.67. The predicted octanol–water partition coefficient (Wildman–Crippen LogP) is 4.53. The van der Waals surface area contributed by atoms with Crippen LogP contribution in [0.1, 0.15) is 26.7 Å². The Balaban J connectivity index is 5.42. The molecule has 1 amide bonds. The molecule has 0 aliphatic heterocycles. The van der Waals surface area contributed by atoms with Crippen LogP contribution in [0, 0.1) is 0 Å². The Morgan fingerprint density at radius 3 is 1.89 bits per heavy atom. The number of carbonyl (C=O) groups excluding carboxylic acids is 1. The van der Waals surface area contributed by atoms with Crippen molar-refractivity contribution >= 4 is 40.1 Å². The first-order valence-electron chi connectivity index (χ1n) is 10.0. The zero-order valence-corrected chi connectivity index (χ0v) is 23.5. The first kappa shape index (κ1) is 27.0. The predicted molar refractivity (Wildman–Crippen MR) is 126 cm³/mol. The maximum Gasteiger partial charge on any atom is 0.329 e. The lowest BCUT2D eigenvalue weighted by Gasteiger charge is -2.38. The molecular formula is C18H43NO4Si4. The Hall–Kier alpha value is -0.0425. The van der Waals surface area contributed by atoms with Crippen molar-refractivity contribution in [3.05, 3.63) is 12.2 Å². The van der Waals surface area contributed by atoms with E-state index >= 15 is 0 Å². The molecule has 0 aliphatic carbocycles. The SMILES string of the molecule is C=C(C)C(=O)NCCC(O[Si](C)(C)CCC)[SiH](O[Si](C)(C)C)O[Si](C)(C)C. The minimum absolute atomic E-state index is 0.0397. The minimum atomic E-state index is -2.05. The van der Waals surface area contributed by atoms with Gasteiger partial charge in [-0.1, -0.05) is 19.9 Å². The molecule has 1 N–H and O–H groups in total. The van der Waals surface area contributed by atoms with Crippen molar-refractivity contribution < 1.29 is 17.5 Å². The summed E-state index contributed by atoms with van der Waals surface area (Å²) < 4.78 is 19.8. The van der Waals surface area contributed by atoms with E-state index in [0.29, 0.717) is 12.1 Å². The number of carbonyl (C=O) groups is 1. The Morgan fingerprint density at radius 1 is 1.04 bits per heavy atom. The van der Waals surface area contributed by atoms with Crippen LogP contribution < -0.4 is 5.32 Å². The summed E-state index contributed by atoms with van der Waals surface area (Å²) in [6, 6.07) is 1.11. The number of rotatable bonds is 13. The fourth-order valence-corrected chi connectivity index (χ4v) is 14.3. The van der Waals surface area contributed by atoms with Crippen LogP contribution >= 0.6 is 0 Å². The Bertz CT molecular complexity index is 471. The summed E-state index contributed by atoms with van der Waals surface area (Å²) in [5, 5.41) is 2.94. The van der Waals surface area contributed by atoms with Gasteiger partial charge in [0.25, 0.3) is 0 Å². The summed E-state index contributed by atoms with van der Waals surface area (Å²) in [4.78, 5) is 11.9. The largest absolute Gasteiger partial charge is 0.437 e. The van der Waals surface area contributed by atoms with Gasteiger partial charge in [0.2, 0.25) is 5.91 Å². The molecule has 0 heterocycles. The normalized spacial score (nSPS) is 14.3. The van der Waals surface area contributed by atoms with E-state index in [1.54, 1.807) is 6.92 Å². The van der Waals surface area contributed by atoms with Gasteiger partial charge in [0.15, 0.2) is 25.0 Å². The molecule has 0 spiro atoms. The van der Waals surface area contributed by atoms with Gasteiger partial charge < -0.3 is 18.0 Å². The summed E-state index contributed by atoms with van der Waals surface area (Å²) in [5.74, 6) is -0.103. The molecule has 0 saturated carbocycles. The molecule has 0 aromatic heterocycles. The molecule has 0 aromatic carbocycles. The molecule has 27 heavy (non-hydrogen) atoms. The van der Waals surface area contributed by atoms with E-state index in [2.05, 4.69) is 71.2 Å². The van der Waals surface area contributed by atoms with Crippen molar-refractivity contribution in [2.75, 3.05) is 6.54 Å². The molecule has 0 radical (unpaired) electrons. The number of amides is 1.